The van der Waals surface area contributed by atoms with E-state index in [0.29, 0.717) is 44.0 Å². The maximum Gasteiger partial charge on any atom is 0.268 e. The molecule has 1 aliphatic heterocycles. The van der Waals surface area contributed by atoms with Crippen molar-refractivity contribution < 1.29 is 9.59 Å². The van der Waals surface area contributed by atoms with Crippen LogP contribution in [0.5, 0.6) is 0 Å². The number of para-hydroxylation sites is 2. The van der Waals surface area contributed by atoms with E-state index in [4.69, 9.17) is 16.6 Å². The molecule has 2 amide bonds. The van der Waals surface area contributed by atoms with Gasteiger partial charge < -0.3 is 0 Å². The van der Waals surface area contributed by atoms with Crippen molar-refractivity contribution in [3.63, 3.8) is 0 Å². The van der Waals surface area contributed by atoms with Crippen LogP contribution in [0.15, 0.2) is 66.7 Å². The maximum absolute atomic E-state index is 13.7. The number of pyridine rings is 1. The van der Waals surface area contributed by atoms with Gasteiger partial charge in [-0.25, -0.2) is 9.88 Å². The first kappa shape index (κ1) is 18.5. The normalized spacial score (nSPS) is 13.2. The van der Waals surface area contributed by atoms with Crippen molar-refractivity contribution in [1.29, 1.82) is 0 Å². The zero-order valence-electron chi connectivity index (χ0n) is 16.4. The molecule has 1 aromatic heterocycles. The highest BCUT2D eigenvalue weighted by atomic mass is 35.5. The summed E-state index contributed by atoms with van der Waals surface area (Å²) in [4.78, 5) is 33.4. The standard InChI is InChI=1S/C25H17ClN2O2/c1-14-8-7-9-15(2)23(14)28-24(29)20-17-11-4-6-13-19(17)27-22(21(20)25(28)30)16-10-3-5-12-18(16)26/h3-13H,1-2H3. The molecule has 0 aliphatic carbocycles. The molecule has 4 aromatic rings. The summed E-state index contributed by atoms with van der Waals surface area (Å²) in [5, 5.41) is 1.14. The number of hydrogen-bond donors (Lipinski definition) is 0. The third-order valence-corrected chi connectivity index (χ3v) is 5.85. The maximum atomic E-state index is 13.7. The van der Waals surface area contributed by atoms with E-state index in [9.17, 15) is 9.59 Å². The Morgan fingerprint density at radius 2 is 1.40 bits per heavy atom. The van der Waals surface area contributed by atoms with Gasteiger partial charge in [-0.15, -0.1) is 0 Å². The molecule has 0 radical (unpaired) electrons. The van der Waals surface area contributed by atoms with Crippen LogP contribution in [-0.4, -0.2) is 16.8 Å². The van der Waals surface area contributed by atoms with Gasteiger partial charge in [0.1, 0.15) is 0 Å². The van der Waals surface area contributed by atoms with E-state index in [1.165, 1.54) is 4.90 Å². The Morgan fingerprint density at radius 1 is 0.767 bits per heavy atom. The lowest BCUT2D eigenvalue weighted by Crippen LogP contribution is -2.30. The summed E-state index contributed by atoms with van der Waals surface area (Å²) < 4.78 is 0. The first-order chi connectivity index (χ1) is 14.5. The van der Waals surface area contributed by atoms with Crippen LogP contribution in [0.2, 0.25) is 5.02 Å². The molecule has 4 nitrogen and oxygen atoms in total. The molecule has 0 fully saturated rings. The zero-order chi connectivity index (χ0) is 21.0. The number of aromatic nitrogens is 1. The predicted octanol–water partition coefficient (Wildman–Crippen LogP) is 5.97. The van der Waals surface area contributed by atoms with Crippen molar-refractivity contribution >= 4 is 40.0 Å². The fourth-order valence-corrected chi connectivity index (χ4v) is 4.39. The van der Waals surface area contributed by atoms with Gasteiger partial charge in [-0.05, 0) is 37.1 Å². The molecule has 5 heteroatoms. The summed E-state index contributed by atoms with van der Waals surface area (Å²) in [5.41, 5.74) is 4.74. The second kappa shape index (κ2) is 6.78. The number of amides is 2. The van der Waals surface area contributed by atoms with Crippen LogP contribution in [0, 0.1) is 13.8 Å². The van der Waals surface area contributed by atoms with Gasteiger partial charge in [-0.1, -0.05) is 66.2 Å². The van der Waals surface area contributed by atoms with E-state index in [1.807, 2.05) is 74.5 Å². The average molecular weight is 413 g/mol. The summed E-state index contributed by atoms with van der Waals surface area (Å²) in [6.45, 7) is 3.80. The molecule has 0 saturated carbocycles. The van der Waals surface area contributed by atoms with E-state index in [-0.39, 0.29) is 11.8 Å². The van der Waals surface area contributed by atoms with E-state index in [2.05, 4.69) is 0 Å². The number of carbonyl (C=O) groups is 2. The molecular weight excluding hydrogens is 396 g/mol. The van der Waals surface area contributed by atoms with Gasteiger partial charge in [-0.3, -0.25) is 9.59 Å². The Labute approximate surface area is 178 Å². The van der Waals surface area contributed by atoms with Gasteiger partial charge in [0.05, 0.1) is 28.0 Å². The second-order valence-corrected chi connectivity index (χ2v) is 7.80. The molecule has 2 heterocycles. The van der Waals surface area contributed by atoms with Crippen molar-refractivity contribution in [1.82, 2.24) is 4.98 Å². The molecule has 0 unspecified atom stereocenters. The number of rotatable bonds is 2. The first-order valence-electron chi connectivity index (χ1n) is 9.61. The minimum Gasteiger partial charge on any atom is -0.268 e. The van der Waals surface area contributed by atoms with Gasteiger partial charge in [0.2, 0.25) is 0 Å². The number of aryl methyl sites for hydroxylation is 2. The smallest absolute Gasteiger partial charge is 0.268 e. The molecule has 30 heavy (non-hydrogen) atoms. The Balaban J connectivity index is 1.86. The number of nitrogens with zero attached hydrogens (tertiary/aromatic N) is 2. The topological polar surface area (TPSA) is 50.3 Å². The van der Waals surface area contributed by atoms with Crippen LogP contribution in [0.3, 0.4) is 0 Å². The van der Waals surface area contributed by atoms with Crippen molar-refractivity contribution in [3.8, 4) is 11.3 Å². The van der Waals surface area contributed by atoms with Gasteiger partial charge >= 0.3 is 0 Å². The van der Waals surface area contributed by atoms with Crippen LogP contribution in [0.4, 0.5) is 5.69 Å². The summed E-state index contributed by atoms with van der Waals surface area (Å²) in [5.74, 6) is -0.708. The summed E-state index contributed by atoms with van der Waals surface area (Å²) in [7, 11) is 0. The largest absolute Gasteiger partial charge is 0.268 e. The molecule has 5 rings (SSSR count). The second-order valence-electron chi connectivity index (χ2n) is 7.39. The number of halogens is 1. The molecule has 0 N–H and O–H groups in total. The van der Waals surface area contributed by atoms with Gasteiger partial charge in [-0.2, -0.15) is 0 Å². The molecule has 1 aliphatic rings. The lowest BCUT2D eigenvalue weighted by molar-refractivity contribution is 0.0926. The highest BCUT2D eigenvalue weighted by Crippen LogP contribution is 2.41. The highest BCUT2D eigenvalue weighted by Gasteiger charge is 2.42. The van der Waals surface area contributed by atoms with E-state index < -0.39 is 0 Å². The lowest BCUT2D eigenvalue weighted by Gasteiger charge is -2.19. The summed E-state index contributed by atoms with van der Waals surface area (Å²) in [6, 6.07) is 20.3. The third kappa shape index (κ3) is 2.57. The number of anilines is 1. The summed E-state index contributed by atoms with van der Waals surface area (Å²) in [6.07, 6.45) is 0. The molecule has 0 bridgehead atoms. The lowest BCUT2D eigenvalue weighted by atomic mass is 9.98. The van der Waals surface area contributed by atoms with Crippen molar-refractivity contribution in [2.24, 2.45) is 0 Å². The van der Waals surface area contributed by atoms with Crippen molar-refractivity contribution in [2.75, 3.05) is 4.90 Å². The van der Waals surface area contributed by atoms with Crippen LogP contribution < -0.4 is 4.90 Å². The number of benzene rings is 3. The van der Waals surface area contributed by atoms with Crippen molar-refractivity contribution in [2.45, 2.75) is 13.8 Å². The average Bonchev–Trinajstić information content (AvgIpc) is 2.99. The number of imide groups is 1. The molecular formula is C25H17ClN2O2. The fourth-order valence-electron chi connectivity index (χ4n) is 4.17. The monoisotopic (exact) mass is 412 g/mol. The van der Waals surface area contributed by atoms with E-state index in [0.717, 1.165) is 11.1 Å². The van der Waals surface area contributed by atoms with Gasteiger partial charge in [0.25, 0.3) is 11.8 Å². The molecule has 146 valence electrons. The molecule has 0 saturated heterocycles. The minimum atomic E-state index is -0.374. The molecule has 3 aromatic carbocycles. The minimum absolute atomic E-state index is 0.300. The quantitative estimate of drug-likeness (QED) is 0.381. The predicted molar refractivity (Wildman–Crippen MR) is 119 cm³/mol. The SMILES string of the molecule is Cc1cccc(C)c1N1C(=O)c2c(-c3ccccc3Cl)nc3ccccc3c2C1=O. The van der Waals surface area contributed by atoms with Crippen LogP contribution in [0.1, 0.15) is 31.8 Å². The Bertz CT molecular complexity index is 1360. The van der Waals surface area contributed by atoms with Gasteiger partial charge in [0, 0.05) is 16.0 Å². The Hall–Kier alpha value is -3.50. The Kier molecular flexibility index (Phi) is 4.19. The number of fused-ring (bicyclic) bond motifs is 3. The molecule has 0 atom stereocenters. The van der Waals surface area contributed by atoms with Crippen LogP contribution in [0.25, 0.3) is 22.2 Å². The zero-order valence-corrected chi connectivity index (χ0v) is 17.2. The van der Waals surface area contributed by atoms with Crippen LogP contribution in [-0.2, 0) is 0 Å². The molecule has 0 spiro atoms. The van der Waals surface area contributed by atoms with Crippen molar-refractivity contribution in [3.05, 3.63) is 94.0 Å². The highest BCUT2D eigenvalue weighted by molar-refractivity contribution is 6.40. The van der Waals surface area contributed by atoms with E-state index >= 15 is 0 Å². The first-order valence-corrected chi connectivity index (χ1v) is 9.99. The number of carbonyl (C=O) groups excluding carboxylic acids is 2. The van der Waals surface area contributed by atoms with E-state index in [1.54, 1.807) is 6.07 Å². The third-order valence-electron chi connectivity index (χ3n) is 5.52. The fraction of sp³-hybridized carbons (Fsp3) is 0.0800. The summed E-state index contributed by atoms with van der Waals surface area (Å²) >= 11 is 6.45. The number of hydrogen-bond acceptors (Lipinski definition) is 3. The van der Waals surface area contributed by atoms with Gasteiger partial charge in [0.15, 0.2) is 0 Å². The van der Waals surface area contributed by atoms with Crippen LogP contribution >= 0.6 is 11.6 Å². The Morgan fingerprint density at radius 3 is 2.13 bits per heavy atom.